The van der Waals surface area contributed by atoms with Gasteiger partial charge < -0.3 is 19.4 Å². The number of benzene rings is 3. The molecule has 0 saturated heterocycles. The minimum absolute atomic E-state index is 0.283. The van der Waals surface area contributed by atoms with Crippen LogP contribution in [0.4, 0.5) is 5.69 Å². The molecule has 4 nitrogen and oxygen atoms in total. The summed E-state index contributed by atoms with van der Waals surface area (Å²) in [5.74, 6) is 1.83. The fourth-order valence-electron chi connectivity index (χ4n) is 5.96. The number of rotatable bonds is 7. The molecule has 0 saturated carbocycles. The Bertz CT molecular complexity index is 1370. The van der Waals surface area contributed by atoms with E-state index in [1.54, 1.807) is 0 Å². The molecule has 3 atom stereocenters. The number of hydrogen-bond acceptors (Lipinski definition) is 3. The fourth-order valence-corrected chi connectivity index (χ4v) is 5.96. The highest BCUT2D eigenvalue weighted by Crippen LogP contribution is 2.51. The van der Waals surface area contributed by atoms with Crippen molar-refractivity contribution in [3.8, 4) is 5.75 Å². The summed E-state index contributed by atoms with van der Waals surface area (Å²) in [6.07, 6.45) is 5.83. The molecule has 4 aromatic rings. The summed E-state index contributed by atoms with van der Waals surface area (Å²) in [5, 5.41) is 6.59. The van der Waals surface area contributed by atoms with E-state index in [0.717, 1.165) is 25.3 Å². The summed E-state index contributed by atoms with van der Waals surface area (Å²) in [6.45, 7) is 7.13. The first-order valence-electron chi connectivity index (χ1n) is 12.6. The van der Waals surface area contributed by atoms with Crippen LogP contribution in [0, 0.1) is 5.92 Å². The molecule has 0 fully saturated rings. The van der Waals surface area contributed by atoms with Crippen LogP contribution in [0.2, 0.25) is 0 Å². The smallest absolute Gasteiger partial charge is 0.119 e. The second-order valence-electron chi connectivity index (χ2n) is 9.31. The maximum atomic E-state index is 5.96. The van der Waals surface area contributed by atoms with E-state index < -0.39 is 0 Å². The number of anilines is 1. The number of nitrogens with one attached hydrogen (secondary N) is 1. The van der Waals surface area contributed by atoms with Crippen molar-refractivity contribution in [1.29, 1.82) is 0 Å². The van der Waals surface area contributed by atoms with Gasteiger partial charge in [0.05, 0.1) is 12.6 Å². The lowest BCUT2D eigenvalue weighted by Crippen LogP contribution is -2.29. The van der Waals surface area contributed by atoms with Crippen LogP contribution >= 0.6 is 0 Å². The van der Waals surface area contributed by atoms with Crippen molar-refractivity contribution < 1.29 is 9.47 Å². The van der Waals surface area contributed by atoms with E-state index in [4.69, 9.17) is 9.47 Å². The molecule has 1 aliphatic carbocycles. The lowest BCUT2D eigenvalue weighted by molar-refractivity contribution is 0.110. The van der Waals surface area contributed by atoms with Crippen LogP contribution in [0.1, 0.15) is 43.4 Å². The van der Waals surface area contributed by atoms with Gasteiger partial charge in [-0.25, -0.2) is 0 Å². The first-order valence-corrected chi connectivity index (χ1v) is 12.6. The summed E-state index contributed by atoms with van der Waals surface area (Å²) >= 11 is 0. The van der Waals surface area contributed by atoms with Crippen LogP contribution in [0.5, 0.6) is 5.75 Å². The van der Waals surface area contributed by atoms with Gasteiger partial charge in [0.15, 0.2) is 0 Å². The van der Waals surface area contributed by atoms with Crippen LogP contribution in [-0.2, 0) is 11.3 Å². The molecule has 4 heteroatoms. The number of fused-ring (bicyclic) bond motifs is 6. The summed E-state index contributed by atoms with van der Waals surface area (Å²) in [7, 11) is 0. The molecule has 6 rings (SSSR count). The van der Waals surface area contributed by atoms with Gasteiger partial charge in [0.25, 0.3) is 0 Å². The Morgan fingerprint density at radius 3 is 2.71 bits per heavy atom. The van der Waals surface area contributed by atoms with Crippen molar-refractivity contribution in [2.75, 3.05) is 25.1 Å². The highest BCUT2D eigenvalue weighted by molar-refractivity contribution is 6.08. The summed E-state index contributed by atoms with van der Waals surface area (Å²) in [6, 6.07) is 22.6. The zero-order valence-electron chi connectivity index (χ0n) is 20.0. The second kappa shape index (κ2) is 8.84. The largest absolute Gasteiger partial charge is 0.491 e. The van der Waals surface area contributed by atoms with E-state index in [-0.39, 0.29) is 6.04 Å². The van der Waals surface area contributed by atoms with Crippen LogP contribution in [-0.4, -0.2) is 24.4 Å². The number of hydrogen-bond donors (Lipinski definition) is 1. The third-order valence-corrected chi connectivity index (χ3v) is 7.51. The molecule has 0 spiro atoms. The molecular formula is C30H32N2O2. The third kappa shape index (κ3) is 3.48. The topological polar surface area (TPSA) is 35.4 Å². The van der Waals surface area contributed by atoms with Crippen LogP contribution in [0.25, 0.3) is 21.8 Å². The Morgan fingerprint density at radius 1 is 0.941 bits per heavy atom. The van der Waals surface area contributed by atoms with E-state index in [9.17, 15) is 0 Å². The predicted octanol–water partition coefficient (Wildman–Crippen LogP) is 7.06. The van der Waals surface area contributed by atoms with Crippen molar-refractivity contribution in [1.82, 2.24) is 4.57 Å². The van der Waals surface area contributed by atoms with Crippen molar-refractivity contribution in [3.05, 3.63) is 83.9 Å². The number of aryl methyl sites for hydroxylation is 1. The first-order chi connectivity index (χ1) is 16.8. The average Bonchev–Trinajstić information content (AvgIpc) is 3.49. The molecule has 2 aliphatic rings. The Balaban J connectivity index is 1.35. The fraction of sp³-hybridized carbons (Fsp3) is 0.333. The molecular weight excluding hydrogens is 420 g/mol. The molecule has 0 bridgehead atoms. The van der Waals surface area contributed by atoms with E-state index in [1.165, 1.54) is 38.6 Å². The molecule has 0 radical (unpaired) electrons. The quantitative estimate of drug-likeness (QED) is 0.241. The summed E-state index contributed by atoms with van der Waals surface area (Å²) in [5.41, 5.74) is 6.56. The lowest BCUT2D eigenvalue weighted by Gasteiger charge is -2.37. The minimum Gasteiger partial charge on any atom is -0.491 e. The Kier molecular flexibility index (Phi) is 5.54. The molecule has 3 unspecified atom stereocenters. The third-order valence-electron chi connectivity index (χ3n) is 7.51. The average molecular weight is 453 g/mol. The van der Waals surface area contributed by atoms with Gasteiger partial charge in [-0.1, -0.05) is 36.4 Å². The number of allylic oxidation sites excluding steroid dienone is 2. The van der Waals surface area contributed by atoms with Gasteiger partial charge in [-0.15, -0.1) is 0 Å². The van der Waals surface area contributed by atoms with Crippen LogP contribution in [0.3, 0.4) is 0 Å². The monoisotopic (exact) mass is 452 g/mol. The van der Waals surface area contributed by atoms with Crippen LogP contribution < -0.4 is 10.1 Å². The predicted molar refractivity (Wildman–Crippen MR) is 140 cm³/mol. The Labute approximate surface area is 201 Å². The van der Waals surface area contributed by atoms with Crippen molar-refractivity contribution in [2.24, 2.45) is 5.92 Å². The first kappa shape index (κ1) is 21.3. The Hall–Kier alpha value is -3.24. The maximum absolute atomic E-state index is 5.96. The van der Waals surface area contributed by atoms with Crippen molar-refractivity contribution >= 4 is 27.5 Å². The van der Waals surface area contributed by atoms with E-state index in [1.807, 2.05) is 6.92 Å². The normalized spacial score (nSPS) is 20.9. The number of nitrogens with zero attached hydrogens (tertiary/aromatic N) is 1. The van der Waals surface area contributed by atoms with E-state index in [0.29, 0.717) is 25.0 Å². The molecule has 34 heavy (non-hydrogen) atoms. The highest BCUT2D eigenvalue weighted by Gasteiger charge is 2.38. The highest BCUT2D eigenvalue weighted by atomic mass is 16.5. The summed E-state index contributed by atoms with van der Waals surface area (Å²) < 4.78 is 13.8. The van der Waals surface area contributed by atoms with Crippen LogP contribution in [0.15, 0.2) is 72.8 Å². The summed E-state index contributed by atoms with van der Waals surface area (Å²) in [4.78, 5) is 0. The van der Waals surface area contributed by atoms with Gasteiger partial charge in [-0.3, -0.25) is 0 Å². The SMILES string of the molecule is CCOCCOc1ccc2c(c1)C1C=CCC1C(c1ccc3c(c1)c1ccccc1n3CC)N2. The lowest BCUT2D eigenvalue weighted by atomic mass is 9.77. The molecule has 1 aromatic heterocycles. The number of para-hydroxylation sites is 1. The molecule has 1 aliphatic heterocycles. The maximum Gasteiger partial charge on any atom is 0.119 e. The molecule has 1 N–H and O–H groups in total. The molecule has 3 aromatic carbocycles. The zero-order valence-corrected chi connectivity index (χ0v) is 20.0. The van der Waals surface area contributed by atoms with Gasteiger partial charge >= 0.3 is 0 Å². The molecule has 174 valence electrons. The van der Waals surface area contributed by atoms with Gasteiger partial charge in [0.1, 0.15) is 12.4 Å². The minimum atomic E-state index is 0.283. The standard InChI is InChI=1S/C30H32N2O2/c1-3-32-28-11-6-5-8-23(28)26-18-20(12-15-29(26)32)30-24-10-7-9-22(24)25-19-21(13-14-27(25)31-30)34-17-16-33-4-2/h5-9,11-15,18-19,22,24,30-31H,3-4,10,16-17H2,1-2H3. The van der Waals surface area contributed by atoms with Gasteiger partial charge in [0.2, 0.25) is 0 Å². The van der Waals surface area contributed by atoms with Crippen molar-refractivity contribution in [3.63, 3.8) is 0 Å². The van der Waals surface area contributed by atoms with Crippen molar-refractivity contribution in [2.45, 2.75) is 38.8 Å². The number of ether oxygens (including phenoxy) is 2. The van der Waals surface area contributed by atoms with E-state index in [2.05, 4.69) is 89.6 Å². The van der Waals surface area contributed by atoms with E-state index >= 15 is 0 Å². The van der Waals surface area contributed by atoms with Gasteiger partial charge in [-0.05, 0) is 73.7 Å². The Morgan fingerprint density at radius 2 is 1.82 bits per heavy atom. The second-order valence-corrected chi connectivity index (χ2v) is 9.31. The zero-order chi connectivity index (χ0) is 23.1. The van der Waals surface area contributed by atoms with Gasteiger partial charge in [-0.2, -0.15) is 0 Å². The number of aromatic nitrogens is 1. The molecule has 2 heterocycles. The molecule has 0 amide bonds. The van der Waals surface area contributed by atoms with Gasteiger partial charge in [0, 0.05) is 46.6 Å².